The third-order valence-electron chi connectivity index (χ3n) is 4.07. The summed E-state index contributed by atoms with van der Waals surface area (Å²) in [6.07, 6.45) is 0.104. The van der Waals surface area contributed by atoms with Crippen molar-refractivity contribution >= 4 is 44.3 Å². The molecule has 0 bridgehead atoms. The van der Waals surface area contributed by atoms with Crippen molar-refractivity contribution in [3.63, 3.8) is 0 Å². The van der Waals surface area contributed by atoms with Gasteiger partial charge in [0.15, 0.2) is 9.84 Å². The first-order valence-corrected chi connectivity index (χ1v) is 11.7. The van der Waals surface area contributed by atoms with Crippen molar-refractivity contribution in [1.29, 1.82) is 0 Å². The van der Waals surface area contributed by atoms with Crippen molar-refractivity contribution in [3.8, 4) is 10.6 Å². The highest BCUT2D eigenvalue weighted by molar-refractivity contribution is 7.91. The third-order valence-corrected chi connectivity index (χ3v) is 7.30. The molecule has 0 radical (unpaired) electrons. The number of rotatable bonds is 5. The average molecular weight is 414 g/mol. The lowest BCUT2D eigenvalue weighted by atomic mass is 10.2. The van der Waals surface area contributed by atoms with E-state index < -0.39 is 15.9 Å². The average Bonchev–Trinajstić information content (AvgIpc) is 3.25. The van der Waals surface area contributed by atoms with Gasteiger partial charge in [-0.15, -0.1) is 11.3 Å². The van der Waals surface area contributed by atoms with Gasteiger partial charge in [0.1, 0.15) is 11.0 Å². The lowest BCUT2D eigenvalue weighted by molar-refractivity contribution is -0.135. The van der Waals surface area contributed by atoms with Crippen LogP contribution in [0.5, 0.6) is 0 Å². The maximum absolute atomic E-state index is 12.4. The second-order valence-electron chi connectivity index (χ2n) is 6.10. The van der Waals surface area contributed by atoms with Gasteiger partial charge in [-0.2, -0.15) is 11.3 Å². The summed E-state index contributed by atoms with van der Waals surface area (Å²) >= 11 is 3.07. The Balaban J connectivity index is 1.52. The van der Waals surface area contributed by atoms with Gasteiger partial charge in [0.05, 0.1) is 23.6 Å². The van der Waals surface area contributed by atoms with Crippen LogP contribution in [0.3, 0.4) is 0 Å². The molecule has 1 atom stereocenters. The van der Waals surface area contributed by atoms with E-state index in [4.69, 9.17) is 0 Å². The fourth-order valence-corrected chi connectivity index (χ4v) is 5.37. The lowest BCUT2D eigenvalue weighted by Gasteiger charge is -2.29. The van der Waals surface area contributed by atoms with Gasteiger partial charge in [-0.25, -0.2) is 13.4 Å². The summed E-state index contributed by atoms with van der Waals surface area (Å²) in [5.74, 6) is -0.587. The Kier molecular flexibility index (Phi) is 5.73. The Morgan fingerprint density at radius 3 is 2.69 bits per heavy atom. The number of sulfone groups is 1. The molecular weight excluding hydrogens is 394 g/mol. The van der Waals surface area contributed by atoms with Crippen LogP contribution >= 0.6 is 22.7 Å². The highest BCUT2D eigenvalue weighted by atomic mass is 32.2. The molecule has 0 spiro atoms. The van der Waals surface area contributed by atoms with Crippen molar-refractivity contribution in [2.45, 2.75) is 19.4 Å². The van der Waals surface area contributed by atoms with Crippen LogP contribution in [-0.2, 0) is 25.8 Å². The quantitative estimate of drug-likeness (QED) is 0.794. The minimum absolute atomic E-state index is 0.0242. The van der Waals surface area contributed by atoms with Crippen LogP contribution in [0, 0.1) is 0 Å². The SMILES string of the molecule is CC(NC(=O)Cc1csc(-c2ccsc2)n1)C(=O)N1CCS(=O)(=O)CC1. The Morgan fingerprint density at radius 1 is 1.31 bits per heavy atom. The molecule has 1 aliphatic rings. The monoisotopic (exact) mass is 413 g/mol. The maximum Gasteiger partial charge on any atom is 0.244 e. The lowest BCUT2D eigenvalue weighted by Crippen LogP contribution is -2.51. The van der Waals surface area contributed by atoms with Crippen molar-refractivity contribution < 1.29 is 18.0 Å². The van der Waals surface area contributed by atoms with Gasteiger partial charge >= 0.3 is 0 Å². The Bertz CT molecular complexity index is 876. The molecule has 2 aromatic rings. The number of carbonyl (C=O) groups is 2. The number of hydrogen-bond acceptors (Lipinski definition) is 7. The number of carbonyl (C=O) groups excluding carboxylic acids is 2. The topological polar surface area (TPSA) is 96.4 Å². The fraction of sp³-hybridized carbons (Fsp3) is 0.438. The first-order chi connectivity index (χ1) is 12.3. The third kappa shape index (κ3) is 4.68. The Hall–Kier alpha value is -1.78. The number of thiophene rings is 1. The van der Waals surface area contributed by atoms with Crippen LogP contribution in [0.4, 0.5) is 0 Å². The second-order valence-corrected chi connectivity index (χ2v) is 10.0. The highest BCUT2D eigenvalue weighted by Gasteiger charge is 2.28. The van der Waals surface area contributed by atoms with E-state index in [1.165, 1.54) is 16.2 Å². The standard InChI is InChI=1S/C16H19N3O4S3/c1-11(16(21)19-3-6-26(22,23)7-4-19)17-14(20)8-13-10-25-15(18-13)12-2-5-24-9-12/h2,5,9-11H,3-4,6-8H2,1H3,(H,17,20). The molecule has 1 fully saturated rings. The van der Waals surface area contributed by atoms with Crippen molar-refractivity contribution in [2.24, 2.45) is 0 Å². The highest BCUT2D eigenvalue weighted by Crippen LogP contribution is 2.25. The molecule has 1 aliphatic heterocycles. The maximum atomic E-state index is 12.4. The van der Waals surface area contributed by atoms with Crippen LogP contribution in [-0.4, -0.2) is 60.8 Å². The van der Waals surface area contributed by atoms with Crippen molar-refractivity contribution in [1.82, 2.24) is 15.2 Å². The van der Waals surface area contributed by atoms with Crippen molar-refractivity contribution in [2.75, 3.05) is 24.6 Å². The molecule has 3 heterocycles. The van der Waals surface area contributed by atoms with Crippen LogP contribution in [0.2, 0.25) is 0 Å². The van der Waals surface area contributed by atoms with Gasteiger partial charge < -0.3 is 10.2 Å². The van der Waals surface area contributed by atoms with Crippen LogP contribution in [0.15, 0.2) is 22.2 Å². The van der Waals surface area contributed by atoms with E-state index >= 15 is 0 Å². The molecule has 2 amide bonds. The normalized spacial score (nSPS) is 17.7. The number of amides is 2. The second kappa shape index (κ2) is 7.85. The summed E-state index contributed by atoms with van der Waals surface area (Å²) in [7, 11) is -3.04. The van der Waals surface area contributed by atoms with Crippen LogP contribution < -0.4 is 5.32 Å². The zero-order valence-electron chi connectivity index (χ0n) is 14.2. The van der Waals surface area contributed by atoms with Gasteiger partial charge in [-0.1, -0.05) is 0 Å². The molecule has 26 heavy (non-hydrogen) atoms. The van der Waals surface area contributed by atoms with E-state index in [0.717, 1.165) is 10.6 Å². The van der Waals surface area contributed by atoms with E-state index in [9.17, 15) is 18.0 Å². The summed E-state index contributed by atoms with van der Waals surface area (Å²) in [6, 6.07) is 1.28. The first kappa shape index (κ1) is 19.0. The van der Waals surface area contributed by atoms with E-state index in [-0.39, 0.29) is 42.8 Å². The molecule has 0 aromatic carbocycles. The molecule has 0 saturated carbocycles. The van der Waals surface area contributed by atoms with Crippen LogP contribution in [0.1, 0.15) is 12.6 Å². The minimum Gasteiger partial charge on any atom is -0.344 e. The van der Waals surface area contributed by atoms with Gasteiger partial charge in [0.2, 0.25) is 11.8 Å². The number of hydrogen-bond donors (Lipinski definition) is 1. The molecule has 140 valence electrons. The molecular formula is C16H19N3O4S3. The number of nitrogens with one attached hydrogen (secondary N) is 1. The largest absolute Gasteiger partial charge is 0.344 e. The van der Waals surface area contributed by atoms with Crippen molar-refractivity contribution in [3.05, 3.63) is 27.9 Å². The minimum atomic E-state index is -3.04. The predicted octanol–water partition coefficient (Wildman–Crippen LogP) is 1.18. The molecule has 2 aromatic heterocycles. The molecule has 1 unspecified atom stereocenters. The predicted molar refractivity (Wildman–Crippen MR) is 102 cm³/mol. The van der Waals surface area contributed by atoms with Gasteiger partial charge in [-0.3, -0.25) is 9.59 Å². The first-order valence-electron chi connectivity index (χ1n) is 8.09. The molecule has 7 nitrogen and oxygen atoms in total. The summed E-state index contributed by atoms with van der Waals surface area (Å²) in [5, 5.41) is 9.36. The van der Waals surface area contributed by atoms with E-state index in [1.54, 1.807) is 18.3 Å². The van der Waals surface area contributed by atoms with Gasteiger partial charge in [0.25, 0.3) is 0 Å². The van der Waals surface area contributed by atoms with Crippen LogP contribution in [0.25, 0.3) is 10.6 Å². The Labute approximate surface area is 160 Å². The molecule has 1 saturated heterocycles. The van der Waals surface area contributed by atoms with E-state index in [0.29, 0.717) is 5.69 Å². The molecule has 10 heteroatoms. The fourth-order valence-electron chi connectivity index (χ4n) is 2.63. The summed E-state index contributed by atoms with van der Waals surface area (Å²) in [6.45, 7) is 1.97. The smallest absolute Gasteiger partial charge is 0.244 e. The van der Waals surface area contributed by atoms with Gasteiger partial charge in [0, 0.05) is 29.4 Å². The van der Waals surface area contributed by atoms with E-state index in [2.05, 4.69) is 10.3 Å². The zero-order chi connectivity index (χ0) is 18.7. The van der Waals surface area contributed by atoms with Gasteiger partial charge in [-0.05, 0) is 18.4 Å². The van der Waals surface area contributed by atoms with E-state index in [1.807, 2.05) is 22.2 Å². The summed E-state index contributed by atoms with van der Waals surface area (Å²) in [5.41, 5.74) is 1.70. The number of aromatic nitrogens is 1. The molecule has 0 aliphatic carbocycles. The molecule has 1 N–H and O–H groups in total. The zero-order valence-corrected chi connectivity index (χ0v) is 16.6. The summed E-state index contributed by atoms with van der Waals surface area (Å²) in [4.78, 5) is 30.5. The summed E-state index contributed by atoms with van der Waals surface area (Å²) < 4.78 is 22.9. The number of nitrogens with zero attached hydrogens (tertiary/aromatic N) is 2. The Morgan fingerprint density at radius 2 is 2.04 bits per heavy atom. The number of thiazole rings is 1. The molecule has 3 rings (SSSR count).